The van der Waals surface area contributed by atoms with Crippen molar-refractivity contribution in [2.24, 2.45) is 5.10 Å². The fourth-order valence-corrected chi connectivity index (χ4v) is 2.93. The minimum Gasteiger partial charge on any atom is -0.378 e. The number of carbonyl (C=O) groups is 1. The third-order valence-electron chi connectivity index (χ3n) is 3.96. The van der Waals surface area contributed by atoms with Crippen molar-refractivity contribution >= 4 is 33.9 Å². The molecule has 0 unspecified atom stereocenters. The van der Waals surface area contributed by atoms with Crippen LogP contribution in [0, 0.1) is 5.82 Å². The first-order valence-corrected chi connectivity index (χ1v) is 9.22. The van der Waals surface area contributed by atoms with Crippen LogP contribution in [0.5, 0.6) is 0 Å². The Morgan fingerprint density at radius 3 is 2.73 bits per heavy atom. The van der Waals surface area contributed by atoms with Gasteiger partial charge in [-0.15, -0.1) is 5.10 Å². The molecule has 30 heavy (non-hydrogen) atoms. The molecule has 0 atom stereocenters. The molecule has 0 saturated carbocycles. The van der Waals surface area contributed by atoms with Crippen molar-refractivity contribution in [1.29, 1.82) is 0 Å². The molecule has 2 heterocycles. The zero-order valence-corrected chi connectivity index (χ0v) is 16.6. The van der Waals surface area contributed by atoms with E-state index in [1.807, 2.05) is 6.07 Å². The van der Waals surface area contributed by atoms with Crippen molar-refractivity contribution in [3.63, 3.8) is 0 Å². The molecule has 0 saturated heterocycles. The molecule has 1 amide bonds. The Kier molecular flexibility index (Phi) is 5.30. The van der Waals surface area contributed by atoms with E-state index in [-0.39, 0.29) is 22.9 Å². The summed E-state index contributed by atoms with van der Waals surface area (Å²) in [6.45, 7) is 0. The van der Waals surface area contributed by atoms with Crippen LogP contribution in [-0.2, 0) is 0 Å². The summed E-state index contributed by atoms with van der Waals surface area (Å²) in [5.41, 5.74) is 9.16. The number of nitrogens with zero attached hydrogens (tertiary/aromatic N) is 6. The molecular formula is C18H12BrFN8O2. The van der Waals surface area contributed by atoms with Crippen molar-refractivity contribution in [1.82, 2.24) is 30.7 Å². The average Bonchev–Trinajstić information content (AvgIpc) is 3.36. The number of halogens is 2. The molecule has 0 aliphatic rings. The normalized spacial score (nSPS) is 11.1. The summed E-state index contributed by atoms with van der Waals surface area (Å²) in [6.07, 6.45) is 1.19. The van der Waals surface area contributed by atoms with E-state index in [1.54, 1.807) is 30.3 Å². The Bertz CT molecular complexity index is 1240. The number of aromatic nitrogens is 5. The van der Waals surface area contributed by atoms with Crippen molar-refractivity contribution in [3.05, 3.63) is 70.1 Å². The van der Waals surface area contributed by atoms with Gasteiger partial charge in [-0.3, -0.25) is 4.79 Å². The molecule has 4 rings (SSSR count). The number of hydrogen-bond acceptors (Lipinski definition) is 8. The van der Waals surface area contributed by atoms with Crippen molar-refractivity contribution in [3.8, 4) is 17.1 Å². The number of nitrogen functional groups attached to an aromatic ring is 1. The monoisotopic (exact) mass is 470 g/mol. The zero-order valence-electron chi connectivity index (χ0n) is 15.0. The van der Waals surface area contributed by atoms with Gasteiger partial charge in [-0.05, 0) is 28.5 Å². The van der Waals surface area contributed by atoms with E-state index in [9.17, 15) is 9.18 Å². The first-order chi connectivity index (χ1) is 14.5. The summed E-state index contributed by atoms with van der Waals surface area (Å²) in [5, 5.41) is 18.9. The number of nitrogens with one attached hydrogen (secondary N) is 1. The van der Waals surface area contributed by atoms with Gasteiger partial charge in [0.2, 0.25) is 11.6 Å². The second-order valence-corrected chi connectivity index (χ2v) is 6.82. The molecule has 4 aromatic rings. The van der Waals surface area contributed by atoms with E-state index in [1.165, 1.54) is 23.0 Å². The molecule has 150 valence electrons. The third kappa shape index (κ3) is 3.80. The van der Waals surface area contributed by atoms with E-state index in [2.05, 4.69) is 51.7 Å². The molecule has 2 aromatic carbocycles. The molecule has 0 fully saturated rings. The topological polar surface area (TPSA) is 137 Å². The standard InChI is InChI=1S/C18H12BrFN8O2/c19-12-7-6-11(13(20)8-12)9-22-24-18(29)14-15(10-4-2-1-3-5-10)28(27-23-14)17-16(21)25-30-26-17/h1-9H,(H2,21,25)(H,24,29). The predicted molar refractivity (Wildman–Crippen MR) is 108 cm³/mol. The molecule has 12 heteroatoms. The highest BCUT2D eigenvalue weighted by Crippen LogP contribution is 2.26. The Labute approximate surface area is 176 Å². The van der Waals surface area contributed by atoms with Gasteiger partial charge in [0.15, 0.2) is 5.69 Å². The van der Waals surface area contributed by atoms with Crippen LogP contribution in [0.15, 0.2) is 62.7 Å². The molecule has 0 aliphatic heterocycles. The van der Waals surface area contributed by atoms with Crippen LogP contribution in [-0.4, -0.2) is 37.4 Å². The van der Waals surface area contributed by atoms with Crippen LogP contribution in [0.4, 0.5) is 10.2 Å². The first-order valence-electron chi connectivity index (χ1n) is 8.42. The van der Waals surface area contributed by atoms with Gasteiger partial charge in [0.1, 0.15) is 11.5 Å². The van der Waals surface area contributed by atoms with Crippen LogP contribution in [0.3, 0.4) is 0 Å². The molecule has 2 aromatic heterocycles. The van der Waals surface area contributed by atoms with Gasteiger partial charge in [0.05, 0.1) is 6.21 Å². The second kappa shape index (κ2) is 8.21. The van der Waals surface area contributed by atoms with Crippen LogP contribution in [0.2, 0.25) is 0 Å². The lowest BCUT2D eigenvalue weighted by Crippen LogP contribution is -2.19. The van der Waals surface area contributed by atoms with Crippen molar-refractivity contribution < 1.29 is 13.8 Å². The lowest BCUT2D eigenvalue weighted by molar-refractivity contribution is 0.0950. The summed E-state index contributed by atoms with van der Waals surface area (Å²) in [4.78, 5) is 12.7. The number of rotatable bonds is 5. The van der Waals surface area contributed by atoms with Gasteiger partial charge in [-0.1, -0.05) is 51.5 Å². The fraction of sp³-hybridized carbons (Fsp3) is 0. The van der Waals surface area contributed by atoms with E-state index < -0.39 is 11.7 Å². The molecular weight excluding hydrogens is 459 g/mol. The minimum absolute atomic E-state index is 0.0206. The summed E-state index contributed by atoms with van der Waals surface area (Å²) in [6, 6.07) is 13.4. The molecule has 0 aliphatic carbocycles. The van der Waals surface area contributed by atoms with Gasteiger partial charge >= 0.3 is 0 Å². The van der Waals surface area contributed by atoms with Gasteiger partial charge in [0, 0.05) is 15.6 Å². The predicted octanol–water partition coefficient (Wildman–Crippen LogP) is 2.57. The highest BCUT2D eigenvalue weighted by atomic mass is 79.9. The Morgan fingerprint density at radius 2 is 2.03 bits per heavy atom. The number of benzene rings is 2. The van der Waals surface area contributed by atoms with E-state index in [4.69, 9.17) is 5.73 Å². The lowest BCUT2D eigenvalue weighted by atomic mass is 10.1. The maximum atomic E-state index is 13.9. The highest BCUT2D eigenvalue weighted by Gasteiger charge is 2.24. The Hall–Kier alpha value is -3.93. The molecule has 0 radical (unpaired) electrons. The number of hydrogen-bond donors (Lipinski definition) is 2. The van der Waals surface area contributed by atoms with Gasteiger partial charge < -0.3 is 5.73 Å². The maximum Gasteiger partial charge on any atom is 0.294 e. The van der Waals surface area contributed by atoms with E-state index in [0.717, 1.165) is 0 Å². The fourth-order valence-electron chi connectivity index (χ4n) is 2.60. The van der Waals surface area contributed by atoms with E-state index in [0.29, 0.717) is 15.7 Å². The Morgan fingerprint density at radius 1 is 1.23 bits per heavy atom. The summed E-state index contributed by atoms with van der Waals surface area (Å²) in [5.74, 6) is -1.09. The SMILES string of the molecule is Nc1nonc1-n1nnc(C(=O)NN=Cc2ccc(Br)cc2F)c1-c1ccccc1. The highest BCUT2D eigenvalue weighted by molar-refractivity contribution is 9.10. The van der Waals surface area contributed by atoms with Gasteiger partial charge in [-0.2, -0.15) is 9.78 Å². The molecule has 0 spiro atoms. The summed E-state index contributed by atoms with van der Waals surface area (Å²) >= 11 is 3.18. The van der Waals surface area contributed by atoms with Crippen LogP contribution >= 0.6 is 15.9 Å². The minimum atomic E-state index is -0.663. The van der Waals surface area contributed by atoms with Crippen LogP contribution in [0.25, 0.3) is 17.1 Å². The Balaban J connectivity index is 1.67. The molecule has 0 bridgehead atoms. The van der Waals surface area contributed by atoms with Crippen molar-refractivity contribution in [2.45, 2.75) is 0 Å². The lowest BCUT2D eigenvalue weighted by Gasteiger charge is -2.05. The molecule has 3 N–H and O–H groups in total. The number of hydrazone groups is 1. The zero-order chi connectivity index (χ0) is 21.1. The van der Waals surface area contributed by atoms with Crippen LogP contribution in [0.1, 0.15) is 16.1 Å². The largest absolute Gasteiger partial charge is 0.378 e. The number of anilines is 1. The molecule has 10 nitrogen and oxygen atoms in total. The summed E-state index contributed by atoms with van der Waals surface area (Å²) < 4.78 is 20.3. The first kappa shape index (κ1) is 19.4. The quantitative estimate of drug-likeness (QED) is 0.337. The van der Waals surface area contributed by atoms with Gasteiger partial charge in [-0.25, -0.2) is 14.4 Å². The maximum absolute atomic E-state index is 13.9. The van der Waals surface area contributed by atoms with Crippen molar-refractivity contribution in [2.75, 3.05) is 5.73 Å². The van der Waals surface area contributed by atoms with Crippen LogP contribution < -0.4 is 11.2 Å². The summed E-state index contributed by atoms with van der Waals surface area (Å²) in [7, 11) is 0. The van der Waals surface area contributed by atoms with E-state index >= 15 is 0 Å². The third-order valence-corrected chi connectivity index (χ3v) is 4.45. The number of nitrogens with two attached hydrogens (primary N) is 1. The number of carbonyl (C=O) groups excluding carboxylic acids is 1. The second-order valence-electron chi connectivity index (χ2n) is 5.90. The smallest absolute Gasteiger partial charge is 0.294 e. The van der Waals surface area contributed by atoms with Gasteiger partial charge in [0.25, 0.3) is 5.91 Å². The average molecular weight is 471 g/mol. The number of amides is 1.